The molecule has 1 saturated heterocycles. The summed E-state index contributed by atoms with van der Waals surface area (Å²) in [4.78, 5) is 3.80. The molecule has 1 heterocycles. The van der Waals surface area contributed by atoms with Crippen molar-refractivity contribution in [1.29, 1.82) is 0 Å². The van der Waals surface area contributed by atoms with Crippen LogP contribution in [0.2, 0.25) is 0 Å². The quantitative estimate of drug-likeness (QED) is 0.808. The molecule has 1 aliphatic heterocycles. The number of nitrogens with zero attached hydrogens (tertiary/aromatic N) is 1. The minimum absolute atomic E-state index is 0. The molecule has 96 valence electrons. The summed E-state index contributed by atoms with van der Waals surface area (Å²) in [6.07, 6.45) is 2.49. The van der Waals surface area contributed by atoms with E-state index in [2.05, 4.69) is 29.2 Å². The van der Waals surface area contributed by atoms with Crippen molar-refractivity contribution in [2.24, 2.45) is 5.73 Å². The van der Waals surface area contributed by atoms with Crippen molar-refractivity contribution >= 4 is 24.2 Å². The van der Waals surface area contributed by atoms with Crippen LogP contribution < -0.4 is 5.73 Å². The van der Waals surface area contributed by atoms with Gasteiger partial charge in [0.05, 0.1) is 0 Å². The van der Waals surface area contributed by atoms with Crippen LogP contribution in [0, 0.1) is 0 Å². The molecule has 0 aromatic heterocycles. The van der Waals surface area contributed by atoms with E-state index in [0.29, 0.717) is 6.04 Å². The molecule has 2 N–H and O–H groups in total. The second kappa shape index (κ2) is 7.98. The van der Waals surface area contributed by atoms with E-state index in [4.69, 9.17) is 5.73 Å². The van der Waals surface area contributed by atoms with E-state index in [0.717, 1.165) is 12.2 Å². The Hall–Kier alpha value is -0.220. The molecule has 0 aliphatic carbocycles. The van der Waals surface area contributed by atoms with Crippen LogP contribution >= 0.6 is 24.2 Å². The molecule has 0 amide bonds. The van der Waals surface area contributed by atoms with Crippen LogP contribution in [0.1, 0.15) is 12.8 Å². The number of nitrogens with two attached hydrogens (primary N) is 1. The molecule has 0 radical (unpaired) electrons. The zero-order chi connectivity index (χ0) is 11.2. The Morgan fingerprint density at radius 1 is 1.24 bits per heavy atom. The molecule has 0 bridgehead atoms. The van der Waals surface area contributed by atoms with Gasteiger partial charge in [0.1, 0.15) is 0 Å². The Morgan fingerprint density at radius 2 is 1.94 bits per heavy atom. The fraction of sp³-hybridized carbons (Fsp3) is 0.538. The van der Waals surface area contributed by atoms with Gasteiger partial charge in [-0.3, -0.25) is 0 Å². The maximum atomic E-state index is 6.10. The first-order valence-electron chi connectivity index (χ1n) is 6.00. The average molecular weight is 273 g/mol. The molecule has 1 fully saturated rings. The molecule has 0 unspecified atom stereocenters. The lowest BCUT2D eigenvalue weighted by Gasteiger charge is -2.31. The first-order valence-corrected chi connectivity index (χ1v) is 6.99. The summed E-state index contributed by atoms with van der Waals surface area (Å²) in [6.45, 7) is 3.73. The van der Waals surface area contributed by atoms with Gasteiger partial charge in [0, 0.05) is 16.7 Å². The smallest absolute Gasteiger partial charge is 0.0146 e. The van der Waals surface area contributed by atoms with Crippen molar-refractivity contribution in [2.45, 2.75) is 23.8 Å². The zero-order valence-electron chi connectivity index (χ0n) is 10.0. The molecule has 1 aliphatic rings. The Morgan fingerprint density at radius 3 is 2.53 bits per heavy atom. The lowest BCUT2D eigenvalue weighted by atomic mass is 10.2. The summed E-state index contributed by atoms with van der Waals surface area (Å²) in [7, 11) is 0. The first kappa shape index (κ1) is 14.8. The van der Waals surface area contributed by atoms with Gasteiger partial charge in [0.2, 0.25) is 0 Å². The highest BCUT2D eigenvalue weighted by Gasteiger charge is 2.14. The van der Waals surface area contributed by atoms with Crippen molar-refractivity contribution in [2.75, 3.05) is 25.4 Å². The molecule has 0 saturated carbocycles. The molecular weight excluding hydrogens is 252 g/mol. The molecule has 2 nitrogen and oxygen atoms in total. The highest BCUT2D eigenvalue weighted by atomic mass is 35.5. The molecule has 1 aromatic rings. The van der Waals surface area contributed by atoms with Crippen LogP contribution in [-0.2, 0) is 0 Å². The highest BCUT2D eigenvalue weighted by molar-refractivity contribution is 7.99. The second-order valence-electron chi connectivity index (χ2n) is 4.37. The number of rotatable bonds is 6. The van der Waals surface area contributed by atoms with Gasteiger partial charge < -0.3 is 10.6 Å². The summed E-state index contributed by atoms with van der Waals surface area (Å²) in [5, 5.41) is 0. The van der Waals surface area contributed by atoms with Crippen molar-refractivity contribution in [3.63, 3.8) is 0 Å². The van der Waals surface area contributed by atoms with Crippen LogP contribution in [0.4, 0.5) is 0 Å². The summed E-state index contributed by atoms with van der Waals surface area (Å²) >= 11 is 1.86. The summed E-state index contributed by atoms with van der Waals surface area (Å²) in [6, 6.07) is 10.8. The van der Waals surface area contributed by atoms with Crippen LogP contribution in [0.3, 0.4) is 0 Å². The van der Waals surface area contributed by atoms with E-state index in [1.807, 2.05) is 17.8 Å². The third kappa shape index (κ3) is 5.30. The maximum Gasteiger partial charge on any atom is 0.0146 e. The number of halogens is 1. The van der Waals surface area contributed by atoms with Crippen LogP contribution in [0.15, 0.2) is 35.2 Å². The Balaban J connectivity index is 0.00000144. The minimum Gasteiger partial charge on any atom is -0.327 e. The molecule has 1 atom stereocenters. The van der Waals surface area contributed by atoms with Gasteiger partial charge in [-0.25, -0.2) is 0 Å². The average Bonchev–Trinajstić information content (AvgIpc) is 2.26. The van der Waals surface area contributed by atoms with Gasteiger partial charge in [-0.2, -0.15) is 0 Å². The minimum atomic E-state index is 0. The second-order valence-corrected chi connectivity index (χ2v) is 5.46. The van der Waals surface area contributed by atoms with E-state index in [-0.39, 0.29) is 12.4 Å². The monoisotopic (exact) mass is 272 g/mol. The van der Waals surface area contributed by atoms with E-state index in [9.17, 15) is 0 Å². The summed E-state index contributed by atoms with van der Waals surface area (Å²) < 4.78 is 0. The number of hydrogen-bond acceptors (Lipinski definition) is 3. The van der Waals surface area contributed by atoms with Gasteiger partial charge in [0.15, 0.2) is 0 Å². The van der Waals surface area contributed by atoms with E-state index in [1.165, 1.54) is 31.0 Å². The highest BCUT2D eigenvalue weighted by Crippen LogP contribution is 2.18. The molecule has 0 spiro atoms. The Bertz CT molecular complexity index is 304. The molecular formula is C13H21ClN2S. The molecule has 17 heavy (non-hydrogen) atoms. The Labute approximate surface area is 114 Å². The number of likely N-dealkylation sites (tertiary alicyclic amines) is 1. The largest absolute Gasteiger partial charge is 0.327 e. The first-order chi connectivity index (χ1) is 7.84. The zero-order valence-corrected chi connectivity index (χ0v) is 11.7. The summed E-state index contributed by atoms with van der Waals surface area (Å²) in [5.74, 6) is 1.03. The van der Waals surface area contributed by atoms with Crippen molar-refractivity contribution in [3.05, 3.63) is 30.3 Å². The molecule has 1 aromatic carbocycles. The summed E-state index contributed by atoms with van der Waals surface area (Å²) in [5.41, 5.74) is 6.10. The number of thioether (sulfide) groups is 1. The fourth-order valence-electron chi connectivity index (χ4n) is 1.76. The normalized spacial score (nSPS) is 17.0. The topological polar surface area (TPSA) is 29.3 Å². The third-order valence-corrected chi connectivity index (χ3v) is 4.17. The van der Waals surface area contributed by atoms with Crippen molar-refractivity contribution in [3.8, 4) is 0 Å². The van der Waals surface area contributed by atoms with Crippen LogP contribution in [0.25, 0.3) is 0 Å². The van der Waals surface area contributed by atoms with Crippen molar-refractivity contribution in [1.82, 2.24) is 4.90 Å². The van der Waals surface area contributed by atoms with Crippen LogP contribution in [-0.4, -0.2) is 36.3 Å². The Kier molecular flexibility index (Phi) is 6.97. The maximum absolute atomic E-state index is 6.10. The fourth-order valence-corrected chi connectivity index (χ4v) is 2.68. The third-order valence-electron chi connectivity index (χ3n) is 2.97. The van der Waals surface area contributed by atoms with Gasteiger partial charge in [-0.15, -0.1) is 24.2 Å². The van der Waals surface area contributed by atoms with E-state index >= 15 is 0 Å². The molecule has 4 heteroatoms. The lowest BCUT2D eigenvalue weighted by Crippen LogP contribution is -2.40. The predicted molar refractivity (Wildman–Crippen MR) is 78.1 cm³/mol. The predicted octanol–water partition coefficient (Wildman–Crippen LogP) is 2.62. The number of benzene rings is 1. The standard InChI is InChI=1S/C13H20N2S.ClH/c14-12(7-10-15-8-4-9-15)11-16-13-5-2-1-3-6-13;/h1-3,5-6,12H,4,7-11,14H2;1H/t12-;/m1./s1. The number of hydrogen-bond donors (Lipinski definition) is 1. The van der Waals surface area contributed by atoms with E-state index < -0.39 is 0 Å². The van der Waals surface area contributed by atoms with E-state index in [1.54, 1.807) is 0 Å². The van der Waals surface area contributed by atoms with Crippen LogP contribution in [0.5, 0.6) is 0 Å². The van der Waals surface area contributed by atoms with Gasteiger partial charge in [0.25, 0.3) is 0 Å². The van der Waals surface area contributed by atoms with Gasteiger partial charge in [-0.1, -0.05) is 18.2 Å². The van der Waals surface area contributed by atoms with Crippen molar-refractivity contribution < 1.29 is 0 Å². The van der Waals surface area contributed by atoms with Gasteiger partial charge in [-0.05, 0) is 44.6 Å². The SMILES string of the molecule is Cl.N[C@H](CCN1CCC1)CSc1ccccc1. The lowest BCUT2D eigenvalue weighted by molar-refractivity contribution is 0.176. The molecule has 2 rings (SSSR count). The van der Waals surface area contributed by atoms with Gasteiger partial charge >= 0.3 is 0 Å².